The average Bonchev–Trinajstić information content (AvgIpc) is 3.26. The van der Waals surface area contributed by atoms with Gasteiger partial charge in [-0.1, -0.05) is 6.07 Å². The van der Waals surface area contributed by atoms with E-state index in [9.17, 15) is 18.0 Å². The van der Waals surface area contributed by atoms with Gasteiger partial charge >= 0.3 is 6.36 Å². The smallest absolute Gasteiger partial charge is 0.491 e. The molecule has 4 rings (SSSR count). The highest BCUT2D eigenvalue weighted by Crippen LogP contribution is 2.42. The second kappa shape index (κ2) is 9.77. The summed E-state index contributed by atoms with van der Waals surface area (Å²) in [6, 6.07) is 10.3. The number of hydrogen-bond acceptors (Lipinski definition) is 7. The lowest BCUT2D eigenvalue weighted by molar-refractivity contribution is -0.325. The number of carbonyl (C=O) groups is 1. The lowest BCUT2D eigenvalue weighted by Gasteiger charge is -2.41. The van der Waals surface area contributed by atoms with E-state index in [-0.39, 0.29) is 25.4 Å². The Morgan fingerprint density at radius 2 is 2.09 bits per heavy atom. The molecular weight excluding hydrogens is 457 g/mol. The number of nitrogens with zero attached hydrogens (tertiary/aromatic N) is 2. The van der Waals surface area contributed by atoms with E-state index >= 15 is 0 Å². The van der Waals surface area contributed by atoms with E-state index in [0.29, 0.717) is 48.0 Å². The topological polar surface area (TPSA) is 79.4 Å². The van der Waals surface area contributed by atoms with Crippen LogP contribution in [0.3, 0.4) is 0 Å². The molecule has 184 valence electrons. The molecule has 8 nitrogen and oxygen atoms in total. The Morgan fingerprint density at radius 1 is 1.26 bits per heavy atom. The van der Waals surface area contributed by atoms with Gasteiger partial charge in [-0.05, 0) is 36.8 Å². The van der Waals surface area contributed by atoms with Crippen LogP contribution in [-0.2, 0) is 19.8 Å². The highest BCUT2D eigenvalue weighted by molar-refractivity contribution is 5.94. The maximum absolute atomic E-state index is 13.2. The normalized spacial score (nSPS) is 22.4. The highest BCUT2D eigenvalue weighted by Gasteiger charge is 2.52. The summed E-state index contributed by atoms with van der Waals surface area (Å²) in [5.41, 5.74) is 1.03. The van der Waals surface area contributed by atoms with Crippen LogP contribution in [-0.4, -0.2) is 68.5 Å². The number of benzene rings is 1. The summed E-state index contributed by atoms with van der Waals surface area (Å²) in [5.74, 6) is 0.678. The van der Waals surface area contributed by atoms with Crippen LogP contribution in [0.1, 0.15) is 28.0 Å². The molecule has 2 atom stereocenters. The first-order valence-electron chi connectivity index (χ1n) is 10.7. The third kappa shape index (κ3) is 5.11. The van der Waals surface area contributed by atoms with E-state index in [1.54, 1.807) is 43.2 Å². The van der Waals surface area contributed by atoms with Crippen LogP contribution < -0.4 is 9.47 Å². The van der Waals surface area contributed by atoms with Crippen molar-refractivity contribution in [3.05, 3.63) is 53.2 Å². The fourth-order valence-electron chi connectivity index (χ4n) is 4.23. The van der Waals surface area contributed by atoms with Gasteiger partial charge in [0.1, 0.15) is 30.9 Å². The quantitative estimate of drug-likeness (QED) is 0.560. The summed E-state index contributed by atoms with van der Waals surface area (Å²) in [7, 11) is 1.54. The van der Waals surface area contributed by atoms with Gasteiger partial charge in [0.2, 0.25) is 5.88 Å². The van der Waals surface area contributed by atoms with Gasteiger partial charge in [-0.25, -0.2) is 4.98 Å². The van der Waals surface area contributed by atoms with Crippen molar-refractivity contribution < 1.29 is 41.7 Å². The monoisotopic (exact) mass is 482 g/mol. The highest BCUT2D eigenvalue weighted by atomic mass is 19.4. The molecule has 2 aromatic rings. The zero-order valence-electron chi connectivity index (χ0n) is 18.8. The Morgan fingerprint density at radius 3 is 2.82 bits per heavy atom. The summed E-state index contributed by atoms with van der Waals surface area (Å²) in [5, 5.41) is 0. The molecule has 11 heteroatoms. The standard InChI is InChI=1S/C23H25F3N2O6/c1-15-12-16(6-7-17(15)31-10-11-33-23(24,25)26)21(29)28-9-8-22(19(13-28)32-14-34-22)18-4-3-5-20(27-18)30-2/h3-7,12,19H,8-11,13-14H2,1-2H3. The molecule has 0 saturated carbocycles. The van der Waals surface area contributed by atoms with E-state index in [1.165, 1.54) is 0 Å². The Balaban J connectivity index is 1.41. The number of pyridine rings is 1. The minimum atomic E-state index is -4.70. The number of ether oxygens (including phenoxy) is 5. The van der Waals surface area contributed by atoms with E-state index in [1.807, 2.05) is 12.1 Å². The molecule has 0 bridgehead atoms. The van der Waals surface area contributed by atoms with E-state index < -0.39 is 18.6 Å². The number of aryl methyl sites for hydroxylation is 1. The maximum atomic E-state index is 13.2. The third-order valence-corrected chi connectivity index (χ3v) is 5.93. The fourth-order valence-corrected chi connectivity index (χ4v) is 4.23. The second-order valence-electron chi connectivity index (χ2n) is 8.00. The van der Waals surface area contributed by atoms with Crippen molar-refractivity contribution >= 4 is 5.91 Å². The van der Waals surface area contributed by atoms with Crippen molar-refractivity contribution in [3.63, 3.8) is 0 Å². The summed E-state index contributed by atoms with van der Waals surface area (Å²) < 4.78 is 62.3. The largest absolute Gasteiger partial charge is 0.522 e. The van der Waals surface area contributed by atoms with Gasteiger partial charge in [0, 0.05) is 24.6 Å². The first kappa shape index (κ1) is 24.2. The first-order chi connectivity index (χ1) is 16.2. The molecule has 2 unspecified atom stereocenters. The minimum Gasteiger partial charge on any atom is -0.491 e. The Hall–Kier alpha value is -2.89. The molecule has 0 spiro atoms. The van der Waals surface area contributed by atoms with Crippen LogP contribution >= 0.6 is 0 Å². The molecule has 1 aromatic carbocycles. The van der Waals surface area contributed by atoms with E-state index in [4.69, 9.17) is 18.9 Å². The average molecular weight is 482 g/mol. The van der Waals surface area contributed by atoms with Gasteiger partial charge in [-0.2, -0.15) is 0 Å². The molecule has 34 heavy (non-hydrogen) atoms. The number of alkyl halides is 3. The predicted octanol–water partition coefficient (Wildman–Crippen LogP) is 3.43. The first-order valence-corrected chi connectivity index (χ1v) is 10.7. The molecule has 0 N–H and O–H groups in total. The van der Waals surface area contributed by atoms with Gasteiger partial charge < -0.3 is 23.8 Å². The summed E-state index contributed by atoms with van der Waals surface area (Å²) in [4.78, 5) is 19.4. The van der Waals surface area contributed by atoms with Crippen molar-refractivity contribution in [2.45, 2.75) is 31.4 Å². The number of hydrogen-bond donors (Lipinski definition) is 0. The van der Waals surface area contributed by atoms with Crippen LogP contribution in [0.5, 0.6) is 11.6 Å². The predicted molar refractivity (Wildman–Crippen MR) is 112 cm³/mol. The lowest BCUT2D eigenvalue weighted by atomic mass is 9.85. The number of amides is 1. The van der Waals surface area contributed by atoms with Crippen LogP contribution in [0.4, 0.5) is 13.2 Å². The van der Waals surface area contributed by atoms with E-state index in [2.05, 4.69) is 9.72 Å². The summed E-state index contributed by atoms with van der Waals surface area (Å²) in [6.45, 7) is 1.70. The third-order valence-electron chi connectivity index (χ3n) is 5.93. The summed E-state index contributed by atoms with van der Waals surface area (Å²) >= 11 is 0. The molecule has 2 aliphatic rings. The zero-order valence-corrected chi connectivity index (χ0v) is 18.8. The van der Waals surface area contributed by atoms with Crippen LogP contribution in [0.25, 0.3) is 0 Å². The summed E-state index contributed by atoms with van der Waals surface area (Å²) in [6.07, 6.45) is -4.58. The Kier molecular flexibility index (Phi) is 6.96. The van der Waals surface area contributed by atoms with Crippen LogP contribution in [0.15, 0.2) is 36.4 Å². The van der Waals surface area contributed by atoms with Crippen molar-refractivity contribution in [3.8, 4) is 11.6 Å². The number of methoxy groups -OCH3 is 1. The number of carbonyl (C=O) groups excluding carboxylic acids is 1. The molecule has 2 saturated heterocycles. The molecule has 0 aliphatic carbocycles. The number of halogens is 3. The Bertz CT molecular complexity index is 1030. The van der Waals surface area contributed by atoms with Crippen LogP contribution in [0, 0.1) is 6.92 Å². The van der Waals surface area contributed by atoms with Crippen molar-refractivity contribution in [2.75, 3.05) is 40.2 Å². The molecule has 2 fully saturated rings. The molecule has 3 heterocycles. The van der Waals surface area contributed by atoms with Gasteiger partial charge in [0.05, 0.1) is 26.0 Å². The fraction of sp³-hybridized carbons (Fsp3) is 0.478. The van der Waals surface area contributed by atoms with Crippen molar-refractivity contribution in [2.24, 2.45) is 0 Å². The minimum absolute atomic E-state index is 0.106. The Labute approximate surface area is 194 Å². The van der Waals surface area contributed by atoms with Gasteiger partial charge in [0.15, 0.2) is 0 Å². The number of fused-ring (bicyclic) bond motifs is 1. The van der Waals surface area contributed by atoms with Crippen LogP contribution in [0.2, 0.25) is 0 Å². The molecule has 2 aliphatic heterocycles. The SMILES string of the molecule is COc1cccc(C23CCN(C(=O)c4ccc(OCCOC(F)(F)F)c(C)c4)CC2OCO3)n1. The molecule has 1 amide bonds. The van der Waals surface area contributed by atoms with Gasteiger partial charge in [0.25, 0.3) is 5.91 Å². The van der Waals surface area contributed by atoms with Crippen molar-refractivity contribution in [1.82, 2.24) is 9.88 Å². The second-order valence-corrected chi connectivity index (χ2v) is 8.00. The lowest BCUT2D eigenvalue weighted by Crippen LogP contribution is -2.53. The maximum Gasteiger partial charge on any atom is 0.522 e. The number of aromatic nitrogens is 1. The van der Waals surface area contributed by atoms with Gasteiger partial charge in [-0.15, -0.1) is 13.2 Å². The molecular formula is C23H25F3N2O6. The van der Waals surface area contributed by atoms with Gasteiger partial charge in [-0.3, -0.25) is 9.53 Å². The molecule has 0 radical (unpaired) electrons. The van der Waals surface area contributed by atoms with E-state index in [0.717, 1.165) is 0 Å². The number of piperidine rings is 1. The van der Waals surface area contributed by atoms with Crippen molar-refractivity contribution in [1.29, 1.82) is 0 Å². The number of rotatable bonds is 7. The molecule has 1 aromatic heterocycles. The number of likely N-dealkylation sites (tertiary alicyclic amines) is 1. The zero-order chi connectivity index (χ0) is 24.3.